The fourth-order valence-corrected chi connectivity index (χ4v) is 5.09. The molecule has 1 saturated heterocycles. The number of ether oxygens (including phenoxy) is 1. The second kappa shape index (κ2) is 8.46. The third kappa shape index (κ3) is 3.89. The quantitative estimate of drug-likeness (QED) is 0.599. The Hall–Kier alpha value is -2.91. The van der Waals surface area contributed by atoms with Crippen molar-refractivity contribution < 1.29 is 4.74 Å². The van der Waals surface area contributed by atoms with E-state index >= 15 is 0 Å². The summed E-state index contributed by atoms with van der Waals surface area (Å²) in [6, 6.07) is 6.44. The molecule has 1 atom stereocenters. The third-order valence-electron chi connectivity index (χ3n) is 6.70. The van der Waals surface area contributed by atoms with Gasteiger partial charge in [0, 0.05) is 52.0 Å². The van der Waals surface area contributed by atoms with E-state index in [0.717, 1.165) is 31.3 Å². The molecule has 33 heavy (non-hydrogen) atoms. The minimum atomic E-state index is -0.317. The largest absolute Gasteiger partial charge is 0.379 e. The lowest BCUT2D eigenvalue weighted by Gasteiger charge is -2.33. The number of benzene rings is 1. The van der Waals surface area contributed by atoms with Crippen molar-refractivity contribution in [2.75, 3.05) is 44.3 Å². The van der Waals surface area contributed by atoms with Crippen LogP contribution in [0, 0.1) is 19.8 Å². The average Bonchev–Trinajstić information content (AvgIpc) is 3.16. The minimum Gasteiger partial charge on any atom is -0.379 e. The highest BCUT2D eigenvalue weighted by atomic mass is 16.5. The topological polar surface area (TPSA) is 77.5 Å². The number of aryl methyl sites for hydroxylation is 3. The highest BCUT2D eigenvalue weighted by molar-refractivity contribution is 5.77. The minimum absolute atomic E-state index is 0.255. The lowest BCUT2D eigenvalue weighted by atomic mass is 10.1. The van der Waals surface area contributed by atoms with Crippen molar-refractivity contribution in [3.8, 4) is 0 Å². The Morgan fingerprint density at radius 1 is 1.03 bits per heavy atom. The van der Waals surface area contributed by atoms with Crippen LogP contribution in [0.4, 0.5) is 11.6 Å². The fourth-order valence-electron chi connectivity index (χ4n) is 5.09. The van der Waals surface area contributed by atoms with Gasteiger partial charge in [-0.05, 0) is 43.0 Å². The molecule has 2 aliphatic rings. The van der Waals surface area contributed by atoms with E-state index in [2.05, 4.69) is 48.8 Å². The van der Waals surface area contributed by atoms with Crippen molar-refractivity contribution in [3.05, 3.63) is 50.2 Å². The SMILES string of the molecule is Cc1cc(C)cc(N2C[C@H](C)Cn3c2nc2c3c(=O)n(CCN3CCOCC3)c(=O)n2C)c1. The van der Waals surface area contributed by atoms with E-state index in [1.807, 2.05) is 4.57 Å². The molecule has 9 heteroatoms. The van der Waals surface area contributed by atoms with E-state index < -0.39 is 0 Å². The van der Waals surface area contributed by atoms with E-state index in [4.69, 9.17) is 9.72 Å². The van der Waals surface area contributed by atoms with Gasteiger partial charge in [0.25, 0.3) is 5.56 Å². The summed E-state index contributed by atoms with van der Waals surface area (Å²) in [6.07, 6.45) is 0. The van der Waals surface area contributed by atoms with E-state index in [0.29, 0.717) is 49.9 Å². The van der Waals surface area contributed by atoms with Gasteiger partial charge in [-0.25, -0.2) is 4.79 Å². The Labute approximate surface area is 192 Å². The van der Waals surface area contributed by atoms with Gasteiger partial charge in [0.1, 0.15) is 0 Å². The maximum Gasteiger partial charge on any atom is 0.332 e. The number of hydrogen-bond acceptors (Lipinski definition) is 6. The lowest BCUT2D eigenvalue weighted by Crippen LogP contribution is -2.44. The Morgan fingerprint density at radius 2 is 1.73 bits per heavy atom. The normalized spacial score (nSPS) is 19.3. The zero-order chi connectivity index (χ0) is 23.3. The molecule has 2 aromatic heterocycles. The molecule has 176 valence electrons. The number of nitrogens with zero attached hydrogens (tertiary/aromatic N) is 6. The van der Waals surface area contributed by atoms with E-state index in [-0.39, 0.29) is 11.2 Å². The van der Waals surface area contributed by atoms with Crippen LogP contribution < -0.4 is 16.1 Å². The van der Waals surface area contributed by atoms with Crippen LogP contribution in [0.25, 0.3) is 11.2 Å². The van der Waals surface area contributed by atoms with Crippen molar-refractivity contribution >= 4 is 22.8 Å². The Kier molecular flexibility index (Phi) is 5.62. The lowest BCUT2D eigenvalue weighted by molar-refractivity contribution is 0.0361. The Balaban J connectivity index is 1.62. The summed E-state index contributed by atoms with van der Waals surface area (Å²) in [5, 5.41) is 0. The van der Waals surface area contributed by atoms with Crippen LogP contribution >= 0.6 is 0 Å². The van der Waals surface area contributed by atoms with Crippen LogP contribution in [0.5, 0.6) is 0 Å². The number of aromatic nitrogens is 4. The number of hydrogen-bond donors (Lipinski definition) is 0. The molecule has 0 radical (unpaired) electrons. The maximum absolute atomic E-state index is 13.6. The highest BCUT2D eigenvalue weighted by Crippen LogP contribution is 2.33. The van der Waals surface area contributed by atoms with Crippen molar-refractivity contribution in [2.45, 2.75) is 33.9 Å². The van der Waals surface area contributed by atoms with Gasteiger partial charge < -0.3 is 14.2 Å². The molecule has 0 amide bonds. The third-order valence-corrected chi connectivity index (χ3v) is 6.70. The summed E-state index contributed by atoms with van der Waals surface area (Å²) in [7, 11) is 1.71. The predicted molar refractivity (Wildman–Crippen MR) is 129 cm³/mol. The molecule has 1 fully saturated rings. The molecule has 0 saturated carbocycles. The van der Waals surface area contributed by atoms with E-state index in [1.165, 1.54) is 20.3 Å². The molecule has 4 heterocycles. The molecule has 5 rings (SSSR count). The number of rotatable bonds is 4. The number of imidazole rings is 1. The molecule has 0 unspecified atom stereocenters. The van der Waals surface area contributed by atoms with Gasteiger partial charge in [0.2, 0.25) is 5.95 Å². The molecular weight excluding hydrogens is 420 g/mol. The molecule has 2 aliphatic heterocycles. The van der Waals surface area contributed by atoms with Crippen LogP contribution in [0.2, 0.25) is 0 Å². The monoisotopic (exact) mass is 452 g/mol. The maximum atomic E-state index is 13.6. The van der Waals surface area contributed by atoms with Crippen molar-refractivity contribution in [1.29, 1.82) is 0 Å². The van der Waals surface area contributed by atoms with Gasteiger partial charge in [-0.1, -0.05) is 13.0 Å². The van der Waals surface area contributed by atoms with E-state index in [1.54, 1.807) is 7.05 Å². The molecule has 0 N–H and O–H groups in total. The summed E-state index contributed by atoms with van der Waals surface area (Å²) in [4.78, 5) is 35.9. The first-order valence-corrected chi connectivity index (χ1v) is 11.7. The zero-order valence-electron chi connectivity index (χ0n) is 19.9. The molecular formula is C24H32N6O3. The molecule has 0 aliphatic carbocycles. The predicted octanol–water partition coefficient (Wildman–Crippen LogP) is 1.63. The number of fused-ring (bicyclic) bond motifs is 3. The van der Waals surface area contributed by atoms with Gasteiger partial charge in [-0.15, -0.1) is 0 Å². The van der Waals surface area contributed by atoms with Crippen molar-refractivity contribution in [3.63, 3.8) is 0 Å². The molecule has 3 aromatic rings. The first kappa shape index (κ1) is 21.9. The Bertz CT molecular complexity index is 1290. The first-order valence-electron chi connectivity index (χ1n) is 11.7. The first-order chi connectivity index (χ1) is 15.8. The van der Waals surface area contributed by atoms with E-state index in [9.17, 15) is 9.59 Å². The van der Waals surface area contributed by atoms with Crippen molar-refractivity contribution in [1.82, 2.24) is 23.6 Å². The highest BCUT2D eigenvalue weighted by Gasteiger charge is 2.30. The van der Waals surface area contributed by atoms with Crippen LogP contribution in [-0.4, -0.2) is 63.0 Å². The van der Waals surface area contributed by atoms with Gasteiger partial charge in [0.05, 0.1) is 13.2 Å². The summed E-state index contributed by atoms with van der Waals surface area (Å²) in [6.45, 7) is 11.9. The van der Waals surface area contributed by atoms with Crippen LogP contribution in [0.1, 0.15) is 18.1 Å². The number of morpholine rings is 1. The van der Waals surface area contributed by atoms with Gasteiger partial charge in [-0.2, -0.15) is 4.98 Å². The van der Waals surface area contributed by atoms with Gasteiger partial charge in [0.15, 0.2) is 11.2 Å². The second-order valence-electron chi connectivity index (χ2n) is 9.51. The smallest absolute Gasteiger partial charge is 0.332 e. The summed E-state index contributed by atoms with van der Waals surface area (Å²) in [5.74, 6) is 1.06. The molecule has 9 nitrogen and oxygen atoms in total. The summed E-state index contributed by atoms with van der Waals surface area (Å²) >= 11 is 0. The van der Waals surface area contributed by atoms with Crippen LogP contribution in [-0.2, 0) is 24.9 Å². The second-order valence-corrected chi connectivity index (χ2v) is 9.51. The number of anilines is 2. The Morgan fingerprint density at radius 3 is 2.42 bits per heavy atom. The molecule has 0 spiro atoms. The molecule has 0 bridgehead atoms. The zero-order valence-corrected chi connectivity index (χ0v) is 19.9. The molecule has 1 aromatic carbocycles. The average molecular weight is 453 g/mol. The van der Waals surface area contributed by atoms with Crippen LogP contribution in [0.15, 0.2) is 27.8 Å². The standard InChI is InChI=1S/C24H32N6O3/c1-16-11-17(2)13-19(12-16)29-14-18(3)15-30-20-21(25-23(29)30)26(4)24(32)28(22(20)31)6-5-27-7-9-33-10-8-27/h11-13,18H,5-10,14-15H2,1-4H3/t18-/m0/s1. The van der Waals surface area contributed by atoms with Gasteiger partial charge in [-0.3, -0.25) is 18.8 Å². The fraction of sp³-hybridized carbons (Fsp3) is 0.542. The van der Waals surface area contributed by atoms with Gasteiger partial charge >= 0.3 is 5.69 Å². The summed E-state index contributed by atoms with van der Waals surface area (Å²) < 4.78 is 10.3. The van der Waals surface area contributed by atoms with Crippen molar-refractivity contribution in [2.24, 2.45) is 13.0 Å². The summed E-state index contributed by atoms with van der Waals surface area (Å²) in [5.41, 5.74) is 3.82. The van der Waals surface area contributed by atoms with Crippen LogP contribution in [0.3, 0.4) is 0 Å².